The Morgan fingerprint density at radius 1 is 1.22 bits per heavy atom. The van der Waals surface area contributed by atoms with Crippen LogP contribution in [0.25, 0.3) is 0 Å². The molecule has 2 aromatic rings. The molecule has 2 nitrogen and oxygen atoms in total. The molecule has 0 aliphatic rings. The lowest BCUT2D eigenvalue weighted by Gasteiger charge is -2.08. The lowest BCUT2D eigenvalue weighted by atomic mass is 10.1. The van der Waals surface area contributed by atoms with Crippen molar-refractivity contribution in [2.24, 2.45) is 0 Å². The first-order chi connectivity index (χ1) is 8.72. The number of benzene rings is 2. The molecule has 0 aromatic heterocycles. The van der Waals surface area contributed by atoms with Gasteiger partial charge in [0.05, 0.1) is 5.56 Å². The number of nitriles is 1. The zero-order valence-corrected chi connectivity index (χ0v) is 11.7. The molecule has 18 heavy (non-hydrogen) atoms. The monoisotopic (exact) mass is 321 g/mol. The third-order valence-corrected chi connectivity index (χ3v) is 3.14. The Kier molecular flexibility index (Phi) is 4.24. The van der Waals surface area contributed by atoms with Crippen LogP contribution in [0.1, 0.15) is 11.1 Å². The molecule has 0 fully saturated rings. The predicted octanol–water partition coefficient (Wildman–Crippen LogP) is 4.85. The average molecular weight is 323 g/mol. The van der Waals surface area contributed by atoms with Gasteiger partial charge in [0.2, 0.25) is 0 Å². The molecule has 0 heterocycles. The van der Waals surface area contributed by atoms with E-state index in [-0.39, 0.29) is 0 Å². The van der Waals surface area contributed by atoms with Gasteiger partial charge in [-0.1, -0.05) is 28.1 Å². The van der Waals surface area contributed by atoms with Crippen molar-refractivity contribution in [3.8, 4) is 17.6 Å². The maximum Gasteiger partial charge on any atom is 0.145 e. The summed E-state index contributed by atoms with van der Waals surface area (Å²) in [4.78, 5) is 0. The maximum absolute atomic E-state index is 9.09. The van der Waals surface area contributed by atoms with Crippen molar-refractivity contribution >= 4 is 27.5 Å². The van der Waals surface area contributed by atoms with E-state index in [0.29, 0.717) is 22.9 Å². The van der Waals surface area contributed by atoms with Gasteiger partial charge in [-0.15, -0.1) is 11.6 Å². The minimum Gasteiger partial charge on any atom is -0.456 e. The number of halogens is 2. The standard InChI is InChI=1S/C14H9BrClNO/c15-12-2-1-3-13(7-12)18-14-5-4-10(8-16)6-11(14)9-17/h1-7H,8H2. The molecule has 0 N–H and O–H groups in total. The number of rotatable bonds is 3. The van der Waals surface area contributed by atoms with Crippen LogP contribution in [-0.4, -0.2) is 0 Å². The van der Waals surface area contributed by atoms with E-state index >= 15 is 0 Å². The van der Waals surface area contributed by atoms with Gasteiger partial charge in [0.25, 0.3) is 0 Å². The van der Waals surface area contributed by atoms with E-state index < -0.39 is 0 Å². The fourth-order valence-electron chi connectivity index (χ4n) is 1.49. The highest BCUT2D eigenvalue weighted by Crippen LogP contribution is 2.28. The number of alkyl halides is 1. The first-order valence-corrected chi connectivity index (χ1v) is 6.58. The molecule has 0 aliphatic carbocycles. The second-order valence-electron chi connectivity index (χ2n) is 3.64. The highest BCUT2D eigenvalue weighted by molar-refractivity contribution is 9.10. The summed E-state index contributed by atoms with van der Waals surface area (Å²) < 4.78 is 6.61. The van der Waals surface area contributed by atoms with E-state index in [1.807, 2.05) is 30.3 Å². The Balaban J connectivity index is 2.32. The van der Waals surface area contributed by atoms with Crippen LogP contribution < -0.4 is 4.74 Å². The number of hydrogen-bond acceptors (Lipinski definition) is 2. The molecule has 90 valence electrons. The molecule has 0 bridgehead atoms. The lowest BCUT2D eigenvalue weighted by Crippen LogP contribution is -1.90. The van der Waals surface area contributed by atoms with E-state index in [4.69, 9.17) is 21.6 Å². The second kappa shape index (κ2) is 5.90. The molecule has 0 atom stereocenters. The third-order valence-electron chi connectivity index (χ3n) is 2.34. The molecule has 0 aliphatic heterocycles. The molecular weight excluding hydrogens is 314 g/mol. The predicted molar refractivity (Wildman–Crippen MR) is 74.9 cm³/mol. The molecule has 0 spiro atoms. The molecule has 2 aromatic carbocycles. The van der Waals surface area contributed by atoms with Gasteiger partial charge in [0, 0.05) is 10.4 Å². The van der Waals surface area contributed by atoms with Crippen LogP contribution in [-0.2, 0) is 5.88 Å². The van der Waals surface area contributed by atoms with E-state index in [0.717, 1.165) is 10.0 Å². The molecular formula is C14H9BrClNO. The lowest BCUT2D eigenvalue weighted by molar-refractivity contribution is 0.480. The summed E-state index contributed by atoms with van der Waals surface area (Å²) in [5, 5.41) is 9.09. The Labute approximate surface area is 119 Å². The summed E-state index contributed by atoms with van der Waals surface area (Å²) in [7, 11) is 0. The van der Waals surface area contributed by atoms with Crippen LogP contribution in [0, 0.1) is 11.3 Å². The topological polar surface area (TPSA) is 33.0 Å². The van der Waals surface area contributed by atoms with Crippen molar-refractivity contribution in [1.82, 2.24) is 0 Å². The summed E-state index contributed by atoms with van der Waals surface area (Å²) in [5.74, 6) is 1.59. The zero-order valence-electron chi connectivity index (χ0n) is 9.36. The van der Waals surface area contributed by atoms with Gasteiger partial charge in [-0.3, -0.25) is 0 Å². The normalized spacial score (nSPS) is 9.83. The number of ether oxygens (including phenoxy) is 1. The molecule has 0 radical (unpaired) electrons. The van der Waals surface area contributed by atoms with E-state index in [1.165, 1.54) is 0 Å². The number of nitrogens with zero attached hydrogens (tertiary/aromatic N) is 1. The van der Waals surface area contributed by atoms with E-state index in [1.54, 1.807) is 12.1 Å². The van der Waals surface area contributed by atoms with Gasteiger partial charge in [-0.25, -0.2) is 0 Å². The highest BCUT2D eigenvalue weighted by Gasteiger charge is 2.06. The molecule has 0 amide bonds. The van der Waals surface area contributed by atoms with Gasteiger partial charge >= 0.3 is 0 Å². The van der Waals surface area contributed by atoms with Crippen LogP contribution in [0.15, 0.2) is 46.9 Å². The van der Waals surface area contributed by atoms with Gasteiger partial charge in [-0.05, 0) is 35.9 Å². The summed E-state index contributed by atoms with van der Waals surface area (Å²) >= 11 is 9.10. The average Bonchev–Trinajstić information content (AvgIpc) is 2.39. The van der Waals surface area contributed by atoms with E-state index in [2.05, 4.69) is 22.0 Å². The van der Waals surface area contributed by atoms with E-state index in [9.17, 15) is 0 Å². The van der Waals surface area contributed by atoms with Crippen molar-refractivity contribution in [1.29, 1.82) is 5.26 Å². The smallest absolute Gasteiger partial charge is 0.145 e. The van der Waals surface area contributed by atoms with Crippen molar-refractivity contribution < 1.29 is 4.74 Å². The Morgan fingerprint density at radius 2 is 2.06 bits per heavy atom. The van der Waals surface area contributed by atoms with Gasteiger partial charge in [-0.2, -0.15) is 5.26 Å². The molecule has 4 heteroatoms. The first kappa shape index (κ1) is 12.9. The largest absolute Gasteiger partial charge is 0.456 e. The van der Waals surface area contributed by atoms with Gasteiger partial charge in [0.1, 0.15) is 17.6 Å². The van der Waals surface area contributed by atoms with Gasteiger partial charge < -0.3 is 4.74 Å². The first-order valence-electron chi connectivity index (χ1n) is 5.25. The molecule has 0 unspecified atom stereocenters. The molecule has 2 rings (SSSR count). The SMILES string of the molecule is N#Cc1cc(CCl)ccc1Oc1cccc(Br)c1. The van der Waals surface area contributed by atoms with Gasteiger partial charge in [0.15, 0.2) is 0 Å². The molecule has 0 saturated carbocycles. The third kappa shape index (κ3) is 3.04. The molecule has 0 saturated heterocycles. The Hall–Kier alpha value is -1.50. The Bertz CT molecular complexity index is 607. The Morgan fingerprint density at radius 3 is 2.72 bits per heavy atom. The number of hydrogen-bond donors (Lipinski definition) is 0. The summed E-state index contributed by atoms with van der Waals surface area (Å²) in [5.41, 5.74) is 1.38. The fraction of sp³-hybridized carbons (Fsp3) is 0.0714. The summed E-state index contributed by atoms with van der Waals surface area (Å²) in [6.45, 7) is 0. The van der Waals surface area contributed by atoms with Crippen LogP contribution in [0.3, 0.4) is 0 Å². The van der Waals surface area contributed by atoms with Crippen molar-refractivity contribution in [3.63, 3.8) is 0 Å². The van der Waals surface area contributed by atoms with Crippen molar-refractivity contribution in [3.05, 3.63) is 58.1 Å². The van der Waals surface area contributed by atoms with Crippen LogP contribution in [0.5, 0.6) is 11.5 Å². The highest BCUT2D eigenvalue weighted by atomic mass is 79.9. The fourth-order valence-corrected chi connectivity index (χ4v) is 2.04. The summed E-state index contributed by atoms with van der Waals surface area (Å²) in [6, 6.07) is 14.9. The summed E-state index contributed by atoms with van der Waals surface area (Å²) in [6.07, 6.45) is 0. The van der Waals surface area contributed by atoms with Crippen LogP contribution >= 0.6 is 27.5 Å². The second-order valence-corrected chi connectivity index (χ2v) is 4.82. The zero-order chi connectivity index (χ0) is 13.0. The van der Waals surface area contributed by atoms with Crippen molar-refractivity contribution in [2.45, 2.75) is 5.88 Å². The quantitative estimate of drug-likeness (QED) is 0.757. The maximum atomic E-state index is 9.09. The minimum atomic E-state index is 0.381. The van der Waals surface area contributed by atoms with Crippen LogP contribution in [0.4, 0.5) is 0 Å². The minimum absolute atomic E-state index is 0.381. The van der Waals surface area contributed by atoms with Crippen molar-refractivity contribution in [2.75, 3.05) is 0 Å². The van der Waals surface area contributed by atoms with Crippen LogP contribution in [0.2, 0.25) is 0 Å².